The Morgan fingerprint density at radius 3 is 2.67 bits per heavy atom. The zero-order valence-electron chi connectivity index (χ0n) is 8.36. The largest absolute Gasteiger partial charge is 0.260 e. The molecule has 78 valence electrons. The van der Waals surface area contributed by atoms with Gasteiger partial charge in [-0.15, -0.1) is 0 Å². The van der Waals surface area contributed by atoms with Crippen molar-refractivity contribution in [2.45, 2.75) is 18.3 Å². The predicted molar refractivity (Wildman–Crippen MR) is 66.4 cm³/mol. The maximum absolute atomic E-state index is 9.37. The van der Waals surface area contributed by atoms with Crippen molar-refractivity contribution >= 4 is 22.9 Å². The van der Waals surface area contributed by atoms with Gasteiger partial charge in [0, 0.05) is 42.2 Å². The molecule has 0 unspecified atom stereocenters. The molecule has 4 heteroatoms. The van der Waals surface area contributed by atoms with Crippen molar-refractivity contribution in [2.24, 2.45) is 0 Å². The zero-order valence-corrected chi connectivity index (χ0v) is 10.5. The molecular formula is C11H12IN3. The van der Waals surface area contributed by atoms with Gasteiger partial charge in [0.15, 0.2) is 0 Å². The van der Waals surface area contributed by atoms with E-state index in [0.717, 1.165) is 31.6 Å². The van der Waals surface area contributed by atoms with Crippen molar-refractivity contribution in [1.29, 1.82) is 5.26 Å². The van der Waals surface area contributed by atoms with E-state index < -0.39 is 0 Å². The van der Waals surface area contributed by atoms with Gasteiger partial charge in [0.25, 0.3) is 0 Å². The summed E-state index contributed by atoms with van der Waals surface area (Å²) in [4.78, 5) is 4.33. The van der Waals surface area contributed by atoms with Crippen molar-refractivity contribution in [3.63, 3.8) is 0 Å². The molecule has 1 saturated heterocycles. The van der Waals surface area contributed by atoms with E-state index in [9.17, 15) is 5.26 Å². The van der Waals surface area contributed by atoms with Gasteiger partial charge in [0.05, 0.1) is 11.8 Å². The number of aromatic nitrogens is 1. The van der Waals surface area contributed by atoms with Crippen molar-refractivity contribution in [3.8, 4) is 6.07 Å². The summed E-state index contributed by atoms with van der Waals surface area (Å²) < 4.78 is 2.23. The van der Waals surface area contributed by atoms with Gasteiger partial charge in [-0.25, -0.2) is 3.11 Å². The van der Waals surface area contributed by atoms with E-state index in [4.69, 9.17) is 0 Å². The predicted octanol–water partition coefficient (Wildman–Crippen LogP) is 2.29. The van der Waals surface area contributed by atoms with Gasteiger partial charge in [0.1, 0.15) is 5.41 Å². The lowest BCUT2D eigenvalue weighted by Crippen LogP contribution is -2.38. The maximum Gasteiger partial charge on any atom is 0.102 e. The first-order chi connectivity index (χ1) is 7.27. The number of nitriles is 1. The van der Waals surface area contributed by atoms with Crippen LogP contribution in [-0.2, 0) is 5.41 Å². The average Bonchev–Trinajstić information content (AvgIpc) is 2.32. The van der Waals surface area contributed by atoms with Crippen LogP contribution in [0.15, 0.2) is 24.4 Å². The summed E-state index contributed by atoms with van der Waals surface area (Å²) in [6, 6.07) is 8.27. The molecule has 0 spiro atoms. The molecule has 0 aliphatic carbocycles. The summed E-state index contributed by atoms with van der Waals surface area (Å²) in [5.74, 6) is 0. The lowest BCUT2D eigenvalue weighted by molar-refractivity contribution is 0.308. The molecule has 15 heavy (non-hydrogen) atoms. The molecule has 0 atom stereocenters. The van der Waals surface area contributed by atoms with Crippen LogP contribution < -0.4 is 0 Å². The molecule has 0 N–H and O–H groups in total. The van der Waals surface area contributed by atoms with Crippen LogP contribution in [0.3, 0.4) is 0 Å². The molecule has 0 saturated carbocycles. The fourth-order valence-electron chi connectivity index (χ4n) is 1.93. The molecule has 0 amide bonds. The second-order valence-electron chi connectivity index (χ2n) is 3.82. The van der Waals surface area contributed by atoms with Gasteiger partial charge in [0.2, 0.25) is 0 Å². The Labute approximate surface area is 104 Å². The number of hydrogen-bond donors (Lipinski definition) is 0. The van der Waals surface area contributed by atoms with E-state index in [-0.39, 0.29) is 5.41 Å². The van der Waals surface area contributed by atoms with Gasteiger partial charge in [-0.05, 0) is 25.0 Å². The van der Waals surface area contributed by atoms with Gasteiger partial charge >= 0.3 is 0 Å². The Morgan fingerprint density at radius 2 is 2.13 bits per heavy atom. The molecule has 1 fully saturated rings. The van der Waals surface area contributed by atoms with Crippen LogP contribution in [0, 0.1) is 11.3 Å². The van der Waals surface area contributed by atoms with Crippen LogP contribution in [0.4, 0.5) is 0 Å². The first-order valence-electron chi connectivity index (χ1n) is 5.00. The normalized spacial score (nSPS) is 20.8. The molecular weight excluding hydrogens is 301 g/mol. The molecule has 1 aromatic rings. The van der Waals surface area contributed by atoms with Gasteiger partial charge in [-0.1, -0.05) is 6.07 Å². The summed E-state index contributed by atoms with van der Waals surface area (Å²) in [6.45, 7) is 1.93. The van der Waals surface area contributed by atoms with Crippen molar-refractivity contribution < 1.29 is 0 Å². The minimum Gasteiger partial charge on any atom is -0.260 e. The fraction of sp³-hybridized carbons (Fsp3) is 0.455. The van der Waals surface area contributed by atoms with Crippen LogP contribution in [0.1, 0.15) is 18.5 Å². The fourth-order valence-corrected chi connectivity index (χ4v) is 2.41. The topological polar surface area (TPSA) is 39.9 Å². The highest BCUT2D eigenvalue weighted by molar-refractivity contribution is 14.1. The van der Waals surface area contributed by atoms with E-state index in [1.54, 1.807) is 6.20 Å². The maximum atomic E-state index is 9.37. The Balaban J connectivity index is 2.28. The third kappa shape index (κ3) is 2.13. The Hall–Kier alpha value is -0.670. The molecule has 0 aromatic carbocycles. The number of piperidine rings is 1. The summed E-state index contributed by atoms with van der Waals surface area (Å²) in [6.07, 6.45) is 3.53. The first-order valence-corrected chi connectivity index (χ1v) is 5.97. The average molecular weight is 313 g/mol. The van der Waals surface area contributed by atoms with E-state index in [0.29, 0.717) is 0 Å². The van der Waals surface area contributed by atoms with Crippen molar-refractivity contribution in [1.82, 2.24) is 8.10 Å². The van der Waals surface area contributed by atoms with Crippen LogP contribution in [0.5, 0.6) is 0 Å². The standard InChI is InChI=1S/C11H12IN3/c12-15-7-4-11(9-13,5-8-15)10-3-1-2-6-14-10/h1-3,6H,4-5,7-8H2. The monoisotopic (exact) mass is 313 g/mol. The zero-order chi connectivity index (χ0) is 10.7. The third-order valence-electron chi connectivity index (χ3n) is 2.93. The molecule has 2 rings (SSSR count). The lowest BCUT2D eigenvalue weighted by Gasteiger charge is -2.33. The van der Waals surface area contributed by atoms with Gasteiger partial charge < -0.3 is 0 Å². The van der Waals surface area contributed by atoms with E-state index >= 15 is 0 Å². The smallest absolute Gasteiger partial charge is 0.102 e. The Bertz CT molecular complexity index is 363. The lowest BCUT2D eigenvalue weighted by atomic mass is 9.77. The van der Waals surface area contributed by atoms with Crippen molar-refractivity contribution in [2.75, 3.05) is 13.1 Å². The van der Waals surface area contributed by atoms with Crippen LogP contribution in [0.2, 0.25) is 0 Å². The Morgan fingerprint density at radius 1 is 1.40 bits per heavy atom. The quantitative estimate of drug-likeness (QED) is 0.590. The number of hydrogen-bond acceptors (Lipinski definition) is 3. The SMILES string of the molecule is N#CC1(c2ccccn2)CCN(I)CC1. The first kappa shape index (κ1) is 10.8. The highest BCUT2D eigenvalue weighted by Crippen LogP contribution is 2.34. The number of pyridine rings is 1. The summed E-state index contributed by atoms with van der Waals surface area (Å²) in [5, 5.41) is 9.37. The highest BCUT2D eigenvalue weighted by atomic mass is 127. The second kappa shape index (κ2) is 4.45. The van der Waals surface area contributed by atoms with Gasteiger partial charge in [-0.2, -0.15) is 5.26 Å². The molecule has 1 aliphatic heterocycles. The summed E-state index contributed by atoms with van der Waals surface area (Å²) >= 11 is 2.31. The second-order valence-corrected chi connectivity index (χ2v) is 5.18. The van der Waals surface area contributed by atoms with E-state index in [1.165, 1.54) is 0 Å². The van der Waals surface area contributed by atoms with Crippen LogP contribution in [0.25, 0.3) is 0 Å². The molecule has 1 aromatic heterocycles. The molecule has 0 radical (unpaired) electrons. The molecule has 2 heterocycles. The van der Waals surface area contributed by atoms with Gasteiger partial charge in [-0.3, -0.25) is 4.98 Å². The molecule has 0 bridgehead atoms. The van der Waals surface area contributed by atoms with E-state index in [2.05, 4.69) is 37.0 Å². The highest BCUT2D eigenvalue weighted by Gasteiger charge is 2.37. The van der Waals surface area contributed by atoms with Crippen molar-refractivity contribution in [3.05, 3.63) is 30.1 Å². The number of halogens is 1. The Kier molecular flexibility index (Phi) is 3.22. The van der Waals surface area contributed by atoms with Crippen LogP contribution >= 0.6 is 22.9 Å². The number of rotatable bonds is 1. The third-order valence-corrected chi connectivity index (χ3v) is 3.90. The summed E-state index contributed by atoms with van der Waals surface area (Å²) in [5.41, 5.74) is 0.570. The molecule has 1 aliphatic rings. The van der Waals surface area contributed by atoms with Crippen LogP contribution in [-0.4, -0.2) is 21.2 Å². The minimum absolute atomic E-state index is 0.358. The van der Waals surface area contributed by atoms with E-state index in [1.807, 2.05) is 18.2 Å². The molecule has 3 nitrogen and oxygen atoms in total. The summed E-state index contributed by atoms with van der Waals surface area (Å²) in [7, 11) is 0. The minimum atomic E-state index is -0.358. The number of nitrogens with zero attached hydrogens (tertiary/aromatic N) is 3.